The van der Waals surface area contributed by atoms with Crippen molar-refractivity contribution in [3.8, 4) is 17.2 Å². The van der Waals surface area contributed by atoms with Crippen molar-refractivity contribution in [3.63, 3.8) is 0 Å². The lowest BCUT2D eigenvalue weighted by atomic mass is 10.1. The van der Waals surface area contributed by atoms with Crippen molar-refractivity contribution in [2.45, 2.75) is 32.5 Å². The van der Waals surface area contributed by atoms with E-state index in [2.05, 4.69) is 0 Å². The average Bonchev–Trinajstić information content (AvgIpc) is 2.31. The van der Waals surface area contributed by atoms with Gasteiger partial charge in [-0.3, -0.25) is 0 Å². The molecule has 1 aromatic rings. The number of aliphatic hydroxyl groups excluding tert-OH is 1. The second kappa shape index (κ2) is 5.59. The first kappa shape index (κ1) is 14.1. The zero-order valence-corrected chi connectivity index (χ0v) is 10.1. The van der Waals surface area contributed by atoms with Crippen molar-refractivity contribution in [1.82, 2.24) is 0 Å². The van der Waals surface area contributed by atoms with E-state index in [4.69, 9.17) is 9.84 Å². The number of ether oxygens (including phenoxy) is 1. The van der Waals surface area contributed by atoms with Crippen LogP contribution in [0.25, 0.3) is 0 Å². The number of carbonyl (C=O) groups is 1. The smallest absolute Gasteiger partial charge is 0.338 e. The molecule has 6 nitrogen and oxygen atoms in total. The van der Waals surface area contributed by atoms with E-state index < -0.39 is 35.4 Å². The van der Waals surface area contributed by atoms with E-state index in [1.165, 1.54) is 6.92 Å². The van der Waals surface area contributed by atoms with Crippen LogP contribution < -0.4 is 0 Å². The summed E-state index contributed by atoms with van der Waals surface area (Å²) in [4.78, 5) is 11.7. The molecule has 0 radical (unpaired) electrons. The largest absolute Gasteiger partial charge is 0.504 e. The Hall–Kier alpha value is -1.95. The van der Waals surface area contributed by atoms with Crippen LogP contribution in [-0.4, -0.2) is 38.6 Å². The van der Waals surface area contributed by atoms with Gasteiger partial charge in [0.1, 0.15) is 6.10 Å². The van der Waals surface area contributed by atoms with Crippen molar-refractivity contribution < 1.29 is 30.0 Å². The van der Waals surface area contributed by atoms with Gasteiger partial charge in [-0.25, -0.2) is 4.79 Å². The summed E-state index contributed by atoms with van der Waals surface area (Å²) in [6.45, 7) is 3.24. The molecule has 0 saturated heterocycles. The van der Waals surface area contributed by atoms with Gasteiger partial charge in [0, 0.05) is 0 Å². The molecule has 6 heteroatoms. The van der Waals surface area contributed by atoms with Gasteiger partial charge in [-0.2, -0.15) is 0 Å². The van der Waals surface area contributed by atoms with Gasteiger partial charge in [-0.05, 0) is 25.5 Å². The Balaban J connectivity index is 2.91. The monoisotopic (exact) mass is 256 g/mol. The quantitative estimate of drug-likeness (QED) is 0.475. The predicted molar refractivity (Wildman–Crippen MR) is 62.6 cm³/mol. The number of aliphatic hydroxyl groups is 1. The van der Waals surface area contributed by atoms with Crippen LogP contribution in [0.2, 0.25) is 0 Å². The average molecular weight is 256 g/mol. The molecule has 2 atom stereocenters. The molecule has 0 saturated carbocycles. The Bertz CT molecular complexity index is 417. The van der Waals surface area contributed by atoms with Crippen LogP contribution in [0.1, 0.15) is 30.6 Å². The molecule has 18 heavy (non-hydrogen) atoms. The second-order valence-electron chi connectivity index (χ2n) is 3.96. The first-order chi connectivity index (χ1) is 8.36. The summed E-state index contributed by atoms with van der Waals surface area (Å²) >= 11 is 0. The fraction of sp³-hybridized carbons (Fsp3) is 0.417. The molecular formula is C12H16O6. The summed E-state index contributed by atoms with van der Waals surface area (Å²) in [6, 6.07) is 1.96. The van der Waals surface area contributed by atoms with Crippen LogP contribution in [-0.2, 0) is 4.74 Å². The lowest BCUT2D eigenvalue weighted by molar-refractivity contribution is -0.0135. The lowest BCUT2D eigenvalue weighted by Gasteiger charge is -2.18. The third kappa shape index (κ3) is 3.04. The first-order valence-electron chi connectivity index (χ1n) is 5.50. The molecule has 2 unspecified atom stereocenters. The minimum atomic E-state index is -0.821. The Morgan fingerprint density at radius 1 is 1.28 bits per heavy atom. The first-order valence-corrected chi connectivity index (χ1v) is 5.50. The van der Waals surface area contributed by atoms with E-state index in [1.807, 2.05) is 0 Å². The summed E-state index contributed by atoms with van der Waals surface area (Å²) in [5, 5.41) is 37.0. The third-order valence-corrected chi connectivity index (χ3v) is 2.50. The van der Waals surface area contributed by atoms with Gasteiger partial charge in [0.2, 0.25) is 0 Å². The topological polar surface area (TPSA) is 107 Å². The maximum atomic E-state index is 11.7. The molecule has 0 spiro atoms. The van der Waals surface area contributed by atoms with Crippen molar-refractivity contribution in [3.05, 3.63) is 17.7 Å². The van der Waals surface area contributed by atoms with Gasteiger partial charge in [0.25, 0.3) is 0 Å². The molecule has 0 heterocycles. The molecule has 0 aliphatic carbocycles. The summed E-state index contributed by atoms with van der Waals surface area (Å²) in [5.74, 6) is -2.73. The van der Waals surface area contributed by atoms with Crippen molar-refractivity contribution in [2.24, 2.45) is 0 Å². The summed E-state index contributed by atoms with van der Waals surface area (Å²) in [5.41, 5.74) is -0.109. The Morgan fingerprint density at radius 3 is 2.17 bits per heavy atom. The van der Waals surface area contributed by atoms with Crippen LogP contribution >= 0.6 is 0 Å². The van der Waals surface area contributed by atoms with Crippen LogP contribution in [0.3, 0.4) is 0 Å². The van der Waals surface area contributed by atoms with Crippen molar-refractivity contribution in [2.75, 3.05) is 0 Å². The van der Waals surface area contributed by atoms with E-state index in [9.17, 15) is 20.1 Å². The maximum absolute atomic E-state index is 11.7. The van der Waals surface area contributed by atoms with E-state index >= 15 is 0 Å². The molecular weight excluding hydrogens is 240 g/mol. The Kier molecular flexibility index (Phi) is 4.38. The Morgan fingerprint density at radius 2 is 1.78 bits per heavy atom. The molecule has 1 rings (SSSR count). The van der Waals surface area contributed by atoms with E-state index in [1.54, 1.807) is 6.92 Å². The van der Waals surface area contributed by atoms with Crippen LogP contribution in [0.15, 0.2) is 12.1 Å². The van der Waals surface area contributed by atoms with E-state index in [-0.39, 0.29) is 5.56 Å². The lowest BCUT2D eigenvalue weighted by Crippen LogP contribution is -2.28. The highest BCUT2D eigenvalue weighted by Gasteiger charge is 2.20. The standard InChI is InChI=1S/C12H16O6/c1-3-10(6(2)13)18-12(17)7-4-8(14)11(16)9(15)5-7/h4-6,10,13-16H,3H2,1-2H3. The minimum absolute atomic E-state index is 0.109. The number of esters is 1. The summed E-state index contributed by atoms with van der Waals surface area (Å²) in [6.07, 6.45) is -1.06. The molecule has 0 bridgehead atoms. The highest BCUT2D eigenvalue weighted by molar-refractivity contribution is 5.91. The van der Waals surface area contributed by atoms with Gasteiger partial charge in [-0.15, -0.1) is 0 Å². The van der Waals surface area contributed by atoms with Crippen LogP contribution in [0.5, 0.6) is 17.2 Å². The van der Waals surface area contributed by atoms with Gasteiger partial charge >= 0.3 is 5.97 Å². The molecule has 0 aromatic heterocycles. The normalized spacial score (nSPS) is 13.9. The van der Waals surface area contributed by atoms with E-state index in [0.717, 1.165) is 12.1 Å². The zero-order chi connectivity index (χ0) is 13.9. The fourth-order valence-electron chi connectivity index (χ4n) is 1.45. The van der Waals surface area contributed by atoms with E-state index in [0.29, 0.717) is 6.42 Å². The predicted octanol–water partition coefficient (Wildman–Crippen LogP) is 1.12. The molecule has 0 amide bonds. The summed E-state index contributed by atoms with van der Waals surface area (Å²) < 4.78 is 5.00. The number of phenolic OH excluding ortho intramolecular Hbond substituents is 3. The number of phenols is 3. The number of rotatable bonds is 4. The number of hydrogen-bond donors (Lipinski definition) is 4. The van der Waals surface area contributed by atoms with Crippen LogP contribution in [0, 0.1) is 0 Å². The minimum Gasteiger partial charge on any atom is -0.504 e. The van der Waals surface area contributed by atoms with Gasteiger partial charge < -0.3 is 25.2 Å². The van der Waals surface area contributed by atoms with Crippen molar-refractivity contribution >= 4 is 5.97 Å². The third-order valence-electron chi connectivity index (χ3n) is 2.50. The molecule has 0 aliphatic heterocycles. The number of benzene rings is 1. The fourth-order valence-corrected chi connectivity index (χ4v) is 1.45. The molecule has 1 aromatic carbocycles. The number of aromatic hydroxyl groups is 3. The van der Waals surface area contributed by atoms with Gasteiger partial charge in [0.05, 0.1) is 11.7 Å². The SMILES string of the molecule is CCC(OC(=O)c1cc(O)c(O)c(O)c1)C(C)O. The molecule has 0 fully saturated rings. The van der Waals surface area contributed by atoms with Gasteiger partial charge in [0.15, 0.2) is 17.2 Å². The molecule has 4 N–H and O–H groups in total. The highest BCUT2D eigenvalue weighted by Crippen LogP contribution is 2.35. The van der Waals surface area contributed by atoms with Crippen molar-refractivity contribution in [1.29, 1.82) is 0 Å². The number of carbonyl (C=O) groups excluding carboxylic acids is 1. The number of hydrogen-bond acceptors (Lipinski definition) is 6. The summed E-state index contributed by atoms with van der Waals surface area (Å²) in [7, 11) is 0. The Labute approximate surface area is 104 Å². The zero-order valence-electron chi connectivity index (χ0n) is 10.1. The molecule has 100 valence electrons. The molecule has 0 aliphatic rings. The van der Waals surface area contributed by atoms with Gasteiger partial charge in [-0.1, -0.05) is 6.92 Å². The second-order valence-corrected chi connectivity index (χ2v) is 3.96. The maximum Gasteiger partial charge on any atom is 0.338 e. The van der Waals surface area contributed by atoms with Crippen LogP contribution in [0.4, 0.5) is 0 Å². The highest BCUT2D eigenvalue weighted by atomic mass is 16.6.